The molecule has 20 heavy (non-hydrogen) atoms. The van der Waals surface area contributed by atoms with Gasteiger partial charge in [-0.3, -0.25) is 0 Å². The van der Waals surface area contributed by atoms with E-state index in [2.05, 4.69) is 22.3 Å². The molecule has 0 saturated carbocycles. The van der Waals surface area contributed by atoms with E-state index < -0.39 is 5.54 Å². The molecule has 1 rings (SSSR count). The van der Waals surface area contributed by atoms with Gasteiger partial charge in [0.25, 0.3) is 0 Å². The number of nitrogens with one attached hydrogen (secondary N) is 2. The first-order valence-corrected chi connectivity index (χ1v) is 6.80. The number of carbonyl (C=O) groups excluding carboxylic acids is 1. The number of methoxy groups -OCH3 is 1. The van der Waals surface area contributed by atoms with Crippen molar-refractivity contribution in [2.24, 2.45) is 0 Å². The normalized spacial score (nSPS) is 24.8. The van der Waals surface area contributed by atoms with Crippen LogP contribution in [0.25, 0.3) is 0 Å². The molecular weight excluding hydrogens is 275 g/mol. The Morgan fingerprint density at radius 3 is 2.90 bits per heavy atom. The summed E-state index contributed by atoms with van der Waals surface area (Å²) in [6, 6.07) is 0. The summed E-state index contributed by atoms with van der Waals surface area (Å²) in [4.78, 5) is 12.0. The summed E-state index contributed by atoms with van der Waals surface area (Å²) in [5.74, 6) is 4.36. The van der Waals surface area contributed by atoms with Crippen molar-refractivity contribution in [1.82, 2.24) is 10.6 Å². The second kappa shape index (κ2) is 7.28. The molecular formula is C14H17N2O3P. The van der Waals surface area contributed by atoms with Crippen LogP contribution in [-0.2, 0) is 14.1 Å². The van der Waals surface area contributed by atoms with Gasteiger partial charge in [-0.15, -0.1) is 0 Å². The average molecular weight is 292 g/mol. The van der Waals surface area contributed by atoms with Crippen LogP contribution in [0, 0.1) is 18.1 Å². The van der Waals surface area contributed by atoms with Crippen LogP contribution < -0.4 is 10.6 Å². The van der Waals surface area contributed by atoms with Gasteiger partial charge in [-0.25, -0.2) is 0 Å². The van der Waals surface area contributed by atoms with Gasteiger partial charge in [0.1, 0.15) is 0 Å². The van der Waals surface area contributed by atoms with Crippen molar-refractivity contribution in [1.29, 1.82) is 0 Å². The quantitative estimate of drug-likeness (QED) is 0.464. The fourth-order valence-corrected chi connectivity index (χ4v) is 2.22. The summed E-state index contributed by atoms with van der Waals surface area (Å²) in [6.45, 7) is 4.06. The standard InChI is InChI=1S/C14H17N2O3P/c1-5-6-16-14(3)8-11(13(17)15-9-20-18)10(2)7-12(14)19-4/h1,7-8,12,16H,6H2,2-4H3,(H,15,17). The van der Waals surface area contributed by atoms with Crippen molar-refractivity contribution in [3.8, 4) is 18.1 Å². The fourth-order valence-electron chi connectivity index (χ4n) is 2.08. The molecule has 1 aliphatic rings. The average Bonchev–Trinajstić information content (AvgIpc) is 2.44. The SMILES string of the molecule is C#CCNC1(C)C=C(C(=O)NC#P=O)C(C)=CC1OC. The second-order valence-electron chi connectivity index (χ2n) is 4.56. The van der Waals surface area contributed by atoms with Gasteiger partial charge in [0.05, 0.1) is 0 Å². The van der Waals surface area contributed by atoms with E-state index in [4.69, 9.17) is 11.2 Å². The molecule has 0 saturated heterocycles. The number of rotatable bonds is 4. The maximum absolute atomic E-state index is 12.0. The van der Waals surface area contributed by atoms with Crippen molar-refractivity contribution in [2.45, 2.75) is 25.5 Å². The van der Waals surface area contributed by atoms with Gasteiger partial charge in [0, 0.05) is 0 Å². The molecule has 5 nitrogen and oxygen atoms in total. The Bertz CT molecular complexity index is 597. The van der Waals surface area contributed by atoms with Gasteiger partial charge in [-0.1, -0.05) is 0 Å². The van der Waals surface area contributed by atoms with Gasteiger partial charge < -0.3 is 0 Å². The van der Waals surface area contributed by atoms with E-state index in [1.165, 1.54) is 0 Å². The molecule has 0 aromatic heterocycles. The third kappa shape index (κ3) is 3.72. The number of carbonyl (C=O) groups is 1. The summed E-state index contributed by atoms with van der Waals surface area (Å²) < 4.78 is 15.8. The minimum atomic E-state index is -0.595. The molecule has 1 amide bonds. The third-order valence-electron chi connectivity index (χ3n) is 3.15. The Morgan fingerprint density at radius 2 is 2.35 bits per heavy atom. The maximum atomic E-state index is 12.0. The van der Waals surface area contributed by atoms with Gasteiger partial charge in [0.2, 0.25) is 0 Å². The first kappa shape index (κ1) is 16.5. The summed E-state index contributed by atoms with van der Waals surface area (Å²) in [7, 11) is 1.23. The number of amides is 1. The molecule has 6 heteroatoms. The van der Waals surface area contributed by atoms with E-state index in [0.29, 0.717) is 12.1 Å². The van der Waals surface area contributed by atoms with Crippen LogP contribution >= 0.6 is 7.92 Å². The zero-order chi connectivity index (χ0) is 15.2. The second-order valence-corrected chi connectivity index (χ2v) is 4.97. The summed E-state index contributed by atoms with van der Waals surface area (Å²) in [5, 5.41) is 5.49. The van der Waals surface area contributed by atoms with E-state index in [0.717, 1.165) is 5.57 Å². The van der Waals surface area contributed by atoms with E-state index in [9.17, 15) is 9.36 Å². The molecule has 2 unspecified atom stereocenters. The predicted molar refractivity (Wildman–Crippen MR) is 77.5 cm³/mol. The molecule has 0 aromatic carbocycles. The first-order chi connectivity index (χ1) is 9.48. The molecule has 106 valence electrons. The van der Waals surface area contributed by atoms with Crippen LogP contribution in [0.15, 0.2) is 23.3 Å². The van der Waals surface area contributed by atoms with Crippen molar-refractivity contribution in [2.75, 3.05) is 13.7 Å². The van der Waals surface area contributed by atoms with Crippen molar-refractivity contribution < 1.29 is 14.1 Å². The van der Waals surface area contributed by atoms with Crippen molar-refractivity contribution in [3.05, 3.63) is 23.3 Å². The molecule has 0 bridgehead atoms. The van der Waals surface area contributed by atoms with Crippen molar-refractivity contribution in [3.63, 3.8) is 0 Å². The van der Waals surface area contributed by atoms with Crippen LogP contribution in [0.4, 0.5) is 0 Å². The number of ether oxygens (including phenoxy) is 1. The Morgan fingerprint density at radius 1 is 1.65 bits per heavy atom. The fraction of sp³-hybridized carbons (Fsp3) is 0.429. The number of hydrogen-bond acceptors (Lipinski definition) is 4. The number of terminal acetylenes is 1. The van der Waals surface area contributed by atoms with E-state index in [1.807, 2.05) is 19.9 Å². The molecule has 0 spiro atoms. The van der Waals surface area contributed by atoms with Gasteiger partial charge in [0.15, 0.2) is 0 Å². The van der Waals surface area contributed by atoms with Gasteiger partial charge in [-0.05, 0) is 0 Å². The summed E-state index contributed by atoms with van der Waals surface area (Å²) >= 11 is 0. The summed E-state index contributed by atoms with van der Waals surface area (Å²) in [5.41, 5.74) is 0.655. The Balaban J connectivity index is 3.12. The molecule has 0 aromatic rings. The van der Waals surface area contributed by atoms with Crippen LogP contribution in [0.3, 0.4) is 0 Å². The van der Waals surface area contributed by atoms with Crippen LogP contribution in [0.5, 0.6) is 0 Å². The van der Waals surface area contributed by atoms with Crippen LogP contribution in [0.2, 0.25) is 0 Å². The Labute approximate surface area is 120 Å². The first-order valence-electron chi connectivity index (χ1n) is 5.99. The third-order valence-corrected chi connectivity index (χ3v) is 3.35. The topological polar surface area (TPSA) is 67.4 Å². The summed E-state index contributed by atoms with van der Waals surface area (Å²) in [6.07, 6.45) is 8.65. The molecule has 1 aliphatic carbocycles. The molecule has 0 fully saturated rings. The van der Waals surface area contributed by atoms with Crippen LogP contribution in [0.1, 0.15) is 13.8 Å². The van der Waals surface area contributed by atoms with E-state index in [-0.39, 0.29) is 19.9 Å². The molecule has 2 atom stereocenters. The molecule has 0 radical (unpaired) electrons. The monoisotopic (exact) mass is 292 g/mol. The Hall–Kier alpha value is -1.56. The minimum absolute atomic E-state index is 0.238. The Kier molecular flexibility index (Phi) is 6.01. The zero-order valence-electron chi connectivity index (χ0n) is 11.7. The van der Waals surface area contributed by atoms with Gasteiger partial charge >= 0.3 is 119 Å². The van der Waals surface area contributed by atoms with E-state index >= 15 is 0 Å². The zero-order valence-corrected chi connectivity index (χ0v) is 12.6. The molecule has 0 heterocycles. The predicted octanol–water partition coefficient (Wildman–Crippen LogP) is 1.19. The van der Waals surface area contributed by atoms with Gasteiger partial charge in [-0.2, -0.15) is 0 Å². The van der Waals surface area contributed by atoms with Crippen LogP contribution in [-0.4, -0.2) is 31.2 Å². The van der Waals surface area contributed by atoms with E-state index in [1.54, 1.807) is 13.2 Å². The molecule has 0 aliphatic heterocycles. The number of hydrogen-bond donors (Lipinski definition) is 2. The van der Waals surface area contributed by atoms with Crippen molar-refractivity contribution >= 4 is 13.8 Å². The molecule has 2 N–H and O–H groups in total.